The van der Waals surface area contributed by atoms with E-state index in [2.05, 4.69) is 25.5 Å². The van der Waals surface area contributed by atoms with Crippen LogP contribution in [0.4, 0.5) is 0 Å². The van der Waals surface area contributed by atoms with Crippen molar-refractivity contribution in [2.24, 2.45) is 0 Å². The summed E-state index contributed by atoms with van der Waals surface area (Å²) in [4.78, 5) is 23.5. The standard InChI is InChI=1S/C28H50NO8P.C9H20/c1-3-4-5-6-7-8-9-10-11-16-22-34-25-27(35-23-17-13-18-28(30)33-2)26-37-38(31,32)36-24-21-29-19-14-12-15-20-29;1-3-5-7-9-8-6-4-2/h12,14-15,19-20,27H,3-11,13,16-18,21-26H2,1-2H3;3-9H2,1-2H3. The molecule has 47 heavy (non-hydrogen) atoms. The second-order valence-electron chi connectivity index (χ2n) is 12.2. The van der Waals surface area contributed by atoms with Crippen LogP contribution in [-0.2, 0) is 39.2 Å². The number of pyridine rings is 1. The number of ether oxygens (including phenoxy) is 3. The van der Waals surface area contributed by atoms with Crippen LogP contribution in [0.25, 0.3) is 0 Å². The molecule has 0 saturated carbocycles. The van der Waals surface area contributed by atoms with Crippen LogP contribution in [0.1, 0.15) is 149 Å². The summed E-state index contributed by atoms with van der Waals surface area (Å²) in [6.07, 6.45) is 27.2. The lowest BCUT2D eigenvalue weighted by atomic mass is 10.1. The first-order valence-corrected chi connectivity index (χ1v) is 20.1. The van der Waals surface area contributed by atoms with E-state index in [4.69, 9.17) is 18.5 Å². The predicted octanol–water partition coefficient (Wildman–Crippen LogP) is 8.90. The Morgan fingerprint density at radius 1 is 0.660 bits per heavy atom. The molecule has 0 aliphatic carbocycles. The number of carbonyl (C=O) groups is 1. The molecule has 0 bridgehead atoms. The summed E-state index contributed by atoms with van der Waals surface area (Å²) >= 11 is 0. The fraction of sp³-hybridized carbons (Fsp3) is 0.838. The van der Waals surface area contributed by atoms with Gasteiger partial charge in [-0.15, -0.1) is 0 Å². The maximum atomic E-state index is 12.2. The monoisotopic (exact) mass is 687 g/mol. The summed E-state index contributed by atoms with van der Waals surface area (Å²) in [6.45, 7) is 8.13. The molecule has 2 atom stereocenters. The topological polar surface area (TPSA) is 107 Å². The summed E-state index contributed by atoms with van der Waals surface area (Å²) in [6, 6.07) is 5.60. The van der Waals surface area contributed by atoms with Crippen LogP contribution in [0.3, 0.4) is 0 Å². The Bertz CT molecular complexity index is 839. The molecule has 0 aliphatic rings. The van der Waals surface area contributed by atoms with Gasteiger partial charge in [0.1, 0.15) is 12.7 Å². The third-order valence-electron chi connectivity index (χ3n) is 7.80. The van der Waals surface area contributed by atoms with Crippen LogP contribution in [0.5, 0.6) is 0 Å². The summed E-state index contributed by atoms with van der Waals surface area (Å²) in [5.41, 5.74) is 0. The highest BCUT2D eigenvalue weighted by molar-refractivity contribution is 7.45. The van der Waals surface area contributed by atoms with E-state index in [0.717, 1.165) is 12.8 Å². The molecule has 0 saturated heterocycles. The first-order chi connectivity index (χ1) is 22.9. The molecule has 10 heteroatoms. The van der Waals surface area contributed by atoms with Crippen molar-refractivity contribution in [3.8, 4) is 0 Å². The first-order valence-electron chi connectivity index (χ1n) is 18.7. The Hall–Kier alpha value is -1.35. The number of aromatic nitrogens is 1. The number of nitrogens with zero attached hydrogens (tertiary/aromatic N) is 1. The fourth-order valence-corrected chi connectivity index (χ4v) is 5.59. The molecule has 0 amide bonds. The van der Waals surface area contributed by atoms with Gasteiger partial charge in [-0.05, 0) is 19.3 Å². The molecule has 0 spiro atoms. The highest BCUT2D eigenvalue weighted by Gasteiger charge is 2.17. The average molecular weight is 688 g/mol. The van der Waals surface area contributed by atoms with Gasteiger partial charge in [-0.1, -0.05) is 130 Å². The SMILES string of the molecule is CCCCCCCCC.CCCCCCCCCCCCOCC(COP(=O)([O-])OCC[n+]1ccccc1)OCCCCC(=O)OC. The normalized spacial score (nSPS) is 13.0. The summed E-state index contributed by atoms with van der Waals surface area (Å²) in [5.74, 6) is -0.261. The molecule has 0 fully saturated rings. The second-order valence-corrected chi connectivity index (χ2v) is 13.7. The molecule has 1 heterocycles. The van der Waals surface area contributed by atoms with E-state index in [1.54, 1.807) is 0 Å². The maximum Gasteiger partial charge on any atom is 0.305 e. The van der Waals surface area contributed by atoms with Gasteiger partial charge in [-0.25, -0.2) is 4.57 Å². The van der Waals surface area contributed by atoms with E-state index >= 15 is 0 Å². The number of esters is 1. The quantitative estimate of drug-likeness (QED) is 0.0320. The first kappa shape index (κ1) is 45.6. The molecule has 1 rings (SSSR count). The summed E-state index contributed by atoms with van der Waals surface area (Å²) < 4.78 is 40.3. The van der Waals surface area contributed by atoms with Gasteiger partial charge in [0, 0.05) is 31.8 Å². The predicted molar refractivity (Wildman–Crippen MR) is 188 cm³/mol. The highest BCUT2D eigenvalue weighted by atomic mass is 31.2. The van der Waals surface area contributed by atoms with Gasteiger partial charge in [-0.2, -0.15) is 0 Å². The summed E-state index contributed by atoms with van der Waals surface area (Å²) in [5, 5.41) is 0. The largest absolute Gasteiger partial charge is 0.756 e. The number of carbonyl (C=O) groups excluding carboxylic acids is 1. The van der Waals surface area contributed by atoms with Gasteiger partial charge in [0.2, 0.25) is 0 Å². The molecule has 9 nitrogen and oxygen atoms in total. The van der Waals surface area contributed by atoms with Gasteiger partial charge < -0.3 is 28.2 Å². The van der Waals surface area contributed by atoms with E-state index in [1.807, 2.05) is 35.2 Å². The summed E-state index contributed by atoms with van der Waals surface area (Å²) in [7, 11) is -3.11. The van der Waals surface area contributed by atoms with Crippen molar-refractivity contribution in [1.29, 1.82) is 0 Å². The smallest absolute Gasteiger partial charge is 0.305 e. The minimum Gasteiger partial charge on any atom is -0.756 e. The highest BCUT2D eigenvalue weighted by Crippen LogP contribution is 2.38. The molecule has 276 valence electrons. The van der Waals surface area contributed by atoms with Gasteiger partial charge in [0.05, 0.1) is 20.3 Å². The Balaban J connectivity index is 0.00000204. The van der Waals surface area contributed by atoms with Crippen LogP contribution in [0, 0.1) is 0 Å². The zero-order chi connectivity index (χ0) is 34.7. The van der Waals surface area contributed by atoms with E-state index in [1.165, 1.54) is 103 Å². The minimum absolute atomic E-state index is 0.0241. The Morgan fingerprint density at radius 3 is 1.70 bits per heavy atom. The van der Waals surface area contributed by atoms with E-state index in [-0.39, 0.29) is 25.8 Å². The molecule has 2 unspecified atom stereocenters. The minimum atomic E-state index is -4.48. The maximum absolute atomic E-state index is 12.2. The van der Waals surface area contributed by atoms with Crippen LogP contribution in [-0.4, -0.2) is 52.2 Å². The van der Waals surface area contributed by atoms with E-state index < -0.39 is 13.9 Å². The van der Waals surface area contributed by atoms with Gasteiger partial charge >= 0.3 is 5.97 Å². The third-order valence-corrected chi connectivity index (χ3v) is 8.77. The lowest BCUT2D eigenvalue weighted by Crippen LogP contribution is -2.35. The van der Waals surface area contributed by atoms with Gasteiger partial charge in [0.25, 0.3) is 7.82 Å². The lowest BCUT2D eigenvalue weighted by molar-refractivity contribution is -0.697. The van der Waals surface area contributed by atoms with Crippen molar-refractivity contribution in [2.45, 2.75) is 162 Å². The van der Waals surface area contributed by atoms with Crippen molar-refractivity contribution in [3.05, 3.63) is 30.6 Å². The lowest BCUT2D eigenvalue weighted by Gasteiger charge is -2.25. The van der Waals surface area contributed by atoms with Crippen LogP contribution in [0.2, 0.25) is 0 Å². The van der Waals surface area contributed by atoms with Crippen molar-refractivity contribution in [1.82, 2.24) is 0 Å². The average Bonchev–Trinajstić information content (AvgIpc) is 3.07. The number of hydrogen-bond donors (Lipinski definition) is 0. The van der Waals surface area contributed by atoms with Crippen molar-refractivity contribution < 1.29 is 42.1 Å². The molecule has 0 N–H and O–H groups in total. The molecule has 0 aromatic carbocycles. The van der Waals surface area contributed by atoms with Crippen LogP contribution < -0.4 is 9.46 Å². The number of methoxy groups -OCH3 is 1. The fourth-order valence-electron chi connectivity index (χ4n) is 4.86. The zero-order valence-corrected chi connectivity index (χ0v) is 31.4. The molecular weight excluding hydrogens is 617 g/mol. The van der Waals surface area contributed by atoms with Crippen LogP contribution in [0.15, 0.2) is 30.6 Å². The van der Waals surface area contributed by atoms with Crippen molar-refractivity contribution >= 4 is 13.8 Å². The van der Waals surface area contributed by atoms with E-state index in [9.17, 15) is 14.3 Å². The Morgan fingerprint density at radius 2 is 1.17 bits per heavy atom. The second kappa shape index (κ2) is 34.5. The Kier molecular flexibility index (Phi) is 33.5. The Labute approximate surface area is 288 Å². The molecular formula is C37H70NO8P. The number of phosphoric acid groups is 1. The number of phosphoric ester groups is 1. The van der Waals surface area contributed by atoms with Gasteiger partial charge in [0.15, 0.2) is 18.9 Å². The number of unbranched alkanes of at least 4 members (excludes halogenated alkanes) is 16. The molecule has 0 aliphatic heterocycles. The van der Waals surface area contributed by atoms with Crippen LogP contribution >= 0.6 is 7.82 Å². The number of hydrogen-bond acceptors (Lipinski definition) is 8. The van der Waals surface area contributed by atoms with E-state index in [0.29, 0.717) is 39.0 Å². The zero-order valence-electron chi connectivity index (χ0n) is 30.5. The van der Waals surface area contributed by atoms with Gasteiger partial charge in [-0.3, -0.25) is 9.36 Å². The third kappa shape index (κ3) is 32.9. The molecule has 0 radical (unpaired) electrons. The molecule has 1 aromatic rings. The number of rotatable bonds is 32. The van der Waals surface area contributed by atoms with Crippen molar-refractivity contribution in [2.75, 3.05) is 40.1 Å². The van der Waals surface area contributed by atoms with Crippen molar-refractivity contribution in [3.63, 3.8) is 0 Å². The molecule has 1 aromatic heterocycles.